The number of carbonyl (C=O) groups excluding carboxylic acids is 1. The van der Waals surface area contributed by atoms with Crippen LogP contribution in [0.4, 0.5) is 4.39 Å². The van der Waals surface area contributed by atoms with Gasteiger partial charge in [0.1, 0.15) is 5.82 Å². The molecule has 0 radical (unpaired) electrons. The second-order valence-electron chi connectivity index (χ2n) is 4.50. The Morgan fingerprint density at radius 1 is 1.10 bits per heavy atom. The molecule has 0 N–H and O–H groups in total. The van der Waals surface area contributed by atoms with Crippen molar-refractivity contribution in [2.75, 3.05) is 0 Å². The lowest BCUT2D eigenvalue weighted by molar-refractivity contribution is -0.142. The Morgan fingerprint density at radius 2 is 1.70 bits per heavy atom. The number of esters is 1. The van der Waals surface area contributed by atoms with E-state index in [0.717, 1.165) is 0 Å². The van der Waals surface area contributed by atoms with Crippen molar-refractivity contribution in [2.24, 2.45) is 0 Å². The molecule has 0 amide bonds. The average molecular weight is 270 g/mol. The first-order valence-electron chi connectivity index (χ1n) is 6.25. The molecule has 0 aliphatic rings. The van der Waals surface area contributed by atoms with E-state index in [9.17, 15) is 9.18 Å². The molecule has 3 heteroatoms. The molecule has 0 saturated carbocycles. The maximum Gasteiger partial charge on any atom is 0.334 e. The molecule has 102 valence electrons. The summed E-state index contributed by atoms with van der Waals surface area (Å²) in [5, 5.41) is 0. The molecule has 0 aliphatic carbocycles. The van der Waals surface area contributed by atoms with Crippen molar-refractivity contribution in [3.8, 4) is 0 Å². The van der Waals surface area contributed by atoms with Gasteiger partial charge in [0.25, 0.3) is 0 Å². The largest absolute Gasteiger partial charge is 0.449 e. The minimum absolute atomic E-state index is 0.280. The van der Waals surface area contributed by atoms with Crippen molar-refractivity contribution in [1.82, 2.24) is 0 Å². The summed E-state index contributed by atoms with van der Waals surface area (Å²) in [6.45, 7) is 5.11. The van der Waals surface area contributed by atoms with Gasteiger partial charge in [-0.2, -0.15) is 0 Å². The lowest BCUT2D eigenvalue weighted by Crippen LogP contribution is -2.14. The number of halogens is 1. The summed E-state index contributed by atoms with van der Waals surface area (Å²) in [6, 6.07) is 15.3. The van der Waals surface area contributed by atoms with Crippen molar-refractivity contribution in [2.45, 2.75) is 13.0 Å². The van der Waals surface area contributed by atoms with Crippen LogP contribution >= 0.6 is 0 Å². The highest BCUT2D eigenvalue weighted by atomic mass is 19.1. The van der Waals surface area contributed by atoms with E-state index >= 15 is 0 Å². The molecule has 2 aromatic rings. The van der Waals surface area contributed by atoms with Gasteiger partial charge >= 0.3 is 5.97 Å². The Balaban J connectivity index is 2.42. The van der Waals surface area contributed by atoms with E-state index in [1.807, 2.05) is 18.2 Å². The topological polar surface area (TPSA) is 26.3 Å². The maximum absolute atomic E-state index is 14.0. The molecule has 0 aliphatic heterocycles. The van der Waals surface area contributed by atoms with Crippen LogP contribution in [-0.4, -0.2) is 5.97 Å². The smallest absolute Gasteiger partial charge is 0.334 e. The van der Waals surface area contributed by atoms with Crippen LogP contribution in [0.15, 0.2) is 66.7 Å². The van der Waals surface area contributed by atoms with Crippen molar-refractivity contribution >= 4 is 5.97 Å². The van der Waals surface area contributed by atoms with E-state index in [2.05, 4.69) is 6.58 Å². The van der Waals surface area contributed by atoms with Crippen LogP contribution in [0.5, 0.6) is 0 Å². The first-order chi connectivity index (χ1) is 9.59. The highest BCUT2D eigenvalue weighted by molar-refractivity contribution is 5.87. The van der Waals surface area contributed by atoms with Crippen LogP contribution in [-0.2, 0) is 9.53 Å². The predicted octanol–water partition coefficient (Wildman–Crippen LogP) is 4.03. The van der Waals surface area contributed by atoms with Crippen LogP contribution < -0.4 is 0 Å². The molecule has 1 atom stereocenters. The van der Waals surface area contributed by atoms with Gasteiger partial charge in [-0.15, -0.1) is 0 Å². The predicted molar refractivity (Wildman–Crippen MR) is 75.6 cm³/mol. The molecule has 0 spiro atoms. The Labute approximate surface area is 117 Å². The number of ether oxygens (including phenoxy) is 1. The van der Waals surface area contributed by atoms with Crippen molar-refractivity contribution in [3.05, 3.63) is 83.7 Å². The highest BCUT2D eigenvalue weighted by Gasteiger charge is 2.22. The van der Waals surface area contributed by atoms with Gasteiger partial charge in [0.2, 0.25) is 0 Å². The third-order valence-corrected chi connectivity index (χ3v) is 2.86. The zero-order valence-electron chi connectivity index (χ0n) is 11.2. The van der Waals surface area contributed by atoms with E-state index < -0.39 is 17.9 Å². The van der Waals surface area contributed by atoms with Crippen LogP contribution in [0.2, 0.25) is 0 Å². The molecule has 0 bridgehead atoms. The summed E-state index contributed by atoms with van der Waals surface area (Å²) in [7, 11) is 0. The molecule has 0 heterocycles. The molecule has 2 aromatic carbocycles. The monoisotopic (exact) mass is 270 g/mol. The quantitative estimate of drug-likeness (QED) is 0.619. The first-order valence-corrected chi connectivity index (χ1v) is 6.25. The Kier molecular flexibility index (Phi) is 4.31. The highest BCUT2D eigenvalue weighted by Crippen LogP contribution is 2.28. The van der Waals surface area contributed by atoms with Gasteiger partial charge in [0, 0.05) is 11.1 Å². The summed E-state index contributed by atoms with van der Waals surface area (Å²) < 4.78 is 19.3. The molecule has 0 fully saturated rings. The summed E-state index contributed by atoms with van der Waals surface area (Å²) in [5.74, 6) is -0.946. The zero-order chi connectivity index (χ0) is 14.5. The van der Waals surface area contributed by atoms with E-state index in [4.69, 9.17) is 4.74 Å². The third kappa shape index (κ3) is 3.12. The SMILES string of the molecule is C=C(C)C(=O)OC(c1ccccc1)c1ccccc1F. The Hall–Kier alpha value is -2.42. The molecule has 2 rings (SSSR count). The number of benzene rings is 2. The van der Waals surface area contributed by atoms with Crippen LogP contribution in [0.1, 0.15) is 24.2 Å². The van der Waals surface area contributed by atoms with Gasteiger partial charge in [-0.3, -0.25) is 0 Å². The second kappa shape index (κ2) is 6.15. The molecule has 0 saturated heterocycles. The summed E-state index contributed by atoms with van der Waals surface area (Å²) in [4.78, 5) is 11.8. The number of hydrogen-bond acceptors (Lipinski definition) is 2. The fourth-order valence-electron chi connectivity index (χ4n) is 1.83. The maximum atomic E-state index is 14.0. The lowest BCUT2D eigenvalue weighted by Gasteiger charge is -2.19. The summed E-state index contributed by atoms with van der Waals surface area (Å²) >= 11 is 0. The number of rotatable bonds is 4. The van der Waals surface area contributed by atoms with Crippen LogP contribution in [0, 0.1) is 5.82 Å². The van der Waals surface area contributed by atoms with Gasteiger partial charge in [-0.25, -0.2) is 9.18 Å². The van der Waals surface area contributed by atoms with Crippen molar-refractivity contribution in [3.63, 3.8) is 0 Å². The molecule has 20 heavy (non-hydrogen) atoms. The number of hydrogen-bond donors (Lipinski definition) is 0. The second-order valence-corrected chi connectivity index (χ2v) is 4.50. The first kappa shape index (κ1) is 14.0. The van der Waals surface area contributed by atoms with E-state index in [1.54, 1.807) is 37.3 Å². The van der Waals surface area contributed by atoms with E-state index in [-0.39, 0.29) is 5.57 Å². The average Bonchev–Trinajstić information content (AvgIpc) is 2.46. The summed E-state index contributed by atoms with van der Waals surface area (Å²) in [6.07, 6.45) is -0.776. The van der Waals surface area contributed by atoms with E-state index in [1.165, 1.54) is 6.07 Å². The fourth-order valence-corrected chi connectivity index (χ4v) is 1.83. The minimum atomic E-state index is -0.776. The molecule has 1 unspecified atom stereocenters. The molecular formula is C17H15FO2. The third-order valence-electron chi connectivity index (χ3n) is 2.86. The fraction of sp³-hybridized carbons (Fsp3) is 0.118. The van der Waals surface area contributed by atoms with Gasteiger partial charge < -0.3 is 4.74 Å². The number of carbonyl (C=O) groups is 1. The Morgan fingerprint density at radius 3 is 2.30 bits per heavy atom. The van der Waals surface area contributed by atoms with E-state index in [0.29, 0.717) is 11.1 Å². The van der Waals surface area contributed by atoms with Crippen molar-refractivity contribution < 1.29 is 13.9 Å². The van der Waals surface area contributed by atoms with Gasteiger partial charge in [-0.1, -0.05) is 55.1 Å². The standard InChI is InChI=1S/C17H15FO2/c1-12(2)17(19)20-16(13-8-4-3-5-9-13)14-10-6-7-11-15(14)18/h3-11,16H,1H2,2H3. The molecule has 0 aromatic heterocycles. The van der Waals surface area contributed by atoms with Gasteiger partial charge in [0.15, 0.2) is 6.10 Å². The molecular weight excluding hydrogens is 255 g/mol. The zero-order valence-corrected chi connectivity index (χ0v) is 11.2. The normalized spacial score (nSPS) is 11.7. The summed E-state index contributed by atoms with van der Waals surface area (Å²) in [5.41, 5.74) is 1.32. The lowest BCUT2D eigenvalue weighted by atomic mass is 10.0. The van der Waals surface area contributed by atoms with Crippen molar-refractivity contribution in [1.29, 1.82) is 0 Å². The van der Waals surface area contributed by atoms with Gasteiger partial charge in [-0.05, 0) is 18.6 Å². The molecule has 2 nitrogen and oxygen atoms in total. The van der Waals surface area contributed by atoms with Crippen LogP contribution in [0.3, 0.4) is 0 Å². The van der Waals surface area contributed by atoms with Gasteiger partial charge in [0.05, 0.1) is 0 Å². The minimum Gasteiger partial charge on any atom is -0.449 e. The Bertz CT molecular complexity index is 620. The van der Waals surface area contributed by atoms with Crippen LogP contribution in [0.25, 0.3) is 0 Å².